The number of phenols is 2. The van der Waals surface area contributed by atoms with Crippen LogP contribution in [0.3, 0.4) is 0 Å². The zero-order chi connectivity index (χ0) is 10.7. The molecule has 1 rings (SSSR count). The van der Waals surface area contributed by atoms with E-state index in [1.807, 2.05) is 14.0 Å². The molecule has 0 radical (unpaired) electrons. The van der Waals surface area contributed by atoms with Crippen LogP contribution in [0.1, 0.15) is 18.1 Å². The van der Waals surface area contributed by atoms with Gasteiger partial charge in [0.2, 0.25) is 0 Å². The van der Waals surface area contributed by atoms with Gasteiger partial charge < -0.3 is 15.5 Å². The molecule has 78 valence electrons. The van der Waals surface area contributed by atoms with Gasteiger partial charge in [-0.25, -0.2) is 0 Å². The quantitative estimate of drug-likeness (QED) is 0.641. The summed E-state index contributed by atoms with van der Waals surface area (Å²) in [5.74, 6) is -0.0998. The van der Waals surface area contributed by atoms with Gasteiger partial charge in [-0.05, 0) is 50.6 Å². The Morgan fingerprint density at radius 2 is 1.86 bits per heavy atom. The van der Waals surface area contributed by atoms with E-state index in [4.69, 9.17) is 0 Å². The minimum Gasteiger partial charge on any atom is -0.504 e. The molecule has 1 aromatic carbocycles. The fraction of sp³-hybridized carbons (Fsp3) is 0.455. The van der Waals surface area contributed by atoms with Crippen LogP contribution in [-0.4, -0.2) is 23.3 Å². The second-order valence-electron chi connectivity index (χ2n) is 3.66. The molecule has 0 fully saturated rings. The molecule has 14 heavy (non-hydrogen) atoms. The van der Waals surface area contributed by atoms with Crippen molar-refractivity contribution < 1.29 is 10.2 Å². The molecule has 0 bridgehead atoms. The second kappa shape index (κ2) is 4.33. The standard InChI is InChI=1S/C11H17NO2/c1-7-4-10(13)11(14)6-9(7)5-8(2)12-3/h4,6,8,12-14H,5H2,1-3H3. The summed E-state index contributed by atoms with van der Waals surface area (Å²) in [6.45, 7) is 4.00. The number of aryl methyl sites for hydroxylation is 1. The van der Waals surface area contributed by atoms with Crippen LogP contribution in [0.4, 0.5) is 0 Å². The normalized spacial score (nSPS) is 12.8. The fourth-order valence-corrected chi connectivity index (χ4v) is 1.38. The van der Waals surface area contributed by atoms with E-state index in [0.717, 1.165) is 17.5 Å². The van der Waals surface area contributed by atoms with Gasteiger partial charge in [0, 0.05) is 6.04 Å². The van der Waals surface area contributed by atoms with Crippen molar-refractivity contribution in [1.29, 1.82) is 0 Å². The van der Waals surface area contributed by atoms with Crippen LogP contribution in [0.25, 0.3) is 0 Å². The van der Waals surface area contributed by atoms with E-state index in [1.54, 1.807) is 12.1 Å². The summed E-state index contributed by atoms with van der Waals surface area (Å²) in [6.07, 6.45) is 0.843. The summed E-state index contributed by atoms with van der Waals surface area (Å²) in [4.78, 5) is 0. The minimum atomic E-state index is -0.0524. The van der Waals surface area contributed by atoms with Crippen LogP contribution >= 0.6 is 0 Å². The Balaban J connectivity index is 2.92. The third-order valence-corrected chi connectivity index (χ3v) is 2.45. The predicted octanol–water partition coefficient (Wildman–Crippen LogP) is 1.56. The number of benzene rings is 1. The third kappa shape index (κ3) is 2.39. The fourth-order valence-electron chi connectivity index (χ4n) is 1.38. The first kappa shape index (κ1) is 10.9. The van der Waals surface area contributed by atoms with Gasteiger partial charge in [0.1, 0.15) is 0 Å². The number of phenolic OH excluding ortho intramolecular Hbond substituents is 2. The Labute approximate surface area is 84.4 Å². The summed E-state index contributed by atoms with van der Waals surface area (Å²) in [7, 11) is 1.90. The lowest BCUT2D eigenvalue weighted by atomic mass is 10.0. The Morgan fingerprint density at radius 3 is 2.43 bits per heavy atom. The largest absolute Gasteiger partial charge is 0.504 e. The van der Waals surface area contributed by atoms with Crippen LogP contribution in [0, 0.1) is 6.92 Å². The van der Waals surface area contributed by atoms with Gasteiger partial charge in [0.15, 0.2) is 11.5 Å². The van der Waals surface area contributed by atoms with Gasteiger partial charge in [0.05, 0.1) is 0 Å². The monoisotopic (exact) mass is 195 g/mol. The molecule has 0 saturated heterocycles. The van der Waals surface area contributed by atoms with E-state index < -0.39 is 0 Å². The summed E-state index contributed by atoms with van der Waals surface area (Å²) in [5.41, 5.74) is 2.06. The van der Waals surface area contributed by atoms with Crippen LogP contribution in [0.15, 0.2) is 12.1 Å². The highest BCUT2D eigenvalue weighted by atomic mass is 16.3. The third-order valence-electron chi connectivity index (χ3n) is 2.45. The summed E-state index contributed by atoms with van der Waals surface area (Å²) < 4.78 is 0. The molecule has 3 nitrogen and oxygen atoms in total. The number of aromatic hydroxyl groups is 2. The van der Waals surface area contributed by atoms with E-state index >= 15 is 0 Å². The number of likely N-dealkylation sites (N-methyl/N-ethyl adjacent to an activating group) is 1. The summed E-state index contributed by atoms with van der Waals surface area (Å²) in [6, 6.07) is 3.57. The highest BCUT2D eigenvalue weighted by Gasteiger charge is 2.07. The molecule has 3 heteroatoms. The Kier molecular flexibility index (Phi) is 3.36. The molecule has 0 aliphatic heterocycles. The van der Waals surface area contributed by atoms with Crippen molar-refractivity contribution in [1.82, 2.24) is 5.32 Å². The maximum absolute atomic E-state index is 9.34. The molecule has 1 atom stereocenters. The molecular weight excluding hydrogens is 178 g/mol. The highest BCUT2D eigenvalue weighted by Crippen LogP contribution is 2.28. The van der Waals surface area contributed by atoms with Crippen LogP contribution in [0.5, 0.6) is 11.5 Å². The van der Waals surface area contributed by atoms with Gasteiger partial charge in [0.25, 0.3) is 0 Å². The van der Waals surface area contributed by atoms with Crippen molar-refractivity contribution in [3.63, 3.8) is 0 Å². The molecule has 0 aliphatic rings. The van der Waals surface area contributed by atoms with Gasteiger partial charge >= 0.3 is 0 Å². The van der Waals surface area contributed by atoms with Gasteiger partial charge in [-0.15, -0.1) is 0 Å². The molecule has 1 aromatic rings. The number of hydrogen-bond donors (Lipinski definition) is 3. The molecule has 0 spiro atoms. The molecule has 3 N–H and O–H groups in total. The molecular formula is C11H17NO2. The molecule has 0 amide bonds. The zero-order valence-corrected chi connectivity index (χ0v) is 8.83. The smallest absolute Gasteiger partial charge is 0.157 e. The Morgan fingerprint density at radius 1 is 1.29 bits per heavy atom. The van der Waals surface area contributed by atoms with E-state index in [9.17, 15) is 10.2 Å². The van der Waals surface area contributed by atoms with E-state index in [2.05, 4.69) is 12.2 Å². The highest BCUT2D eigenvalue weighted by molar-refractivity contribution is 5.45. The second-order valence-corrected chi connectivity index (χ2v) is 3.66. The molecule has 0 saturated carbocycles. The van der Waals surface area contributed by atoms with E-state index in [-0.39, 0.29) is 11.5 Å². The Bertz CT molecular complexity index is 323. The van der Waals surface area contributed by atoms with E-state index in [0.29, 0.717) is 6.04 Å². The minimum absolute atomic E-state index is 0.0473. The van der Waals surface area contributed by atoms with Crippen LogP contribution < -0.4 is 5.32 Å². The first-order valence-corrected chi connectivity index (χ1v) is 4.73. The maximum atomic E-state index is 9.34. The van der Waals surface area contributed by atoms with Crippen molar-refractivity contribution in [2.24, 2.45) is 0 Å². The lowest BCUT2D eigenvalue weighted by molar-refractivity contribution is 0.402. The first-order valence-electron chi connectivity index (χ1n) is 4.73. The lowest BCUT2D eigenvalue weighted by Gasteiger charge is -2.13. The summed E-state index contributed by atoms with van der Waals surface area (Å²) in [5, 5.41) is 21.7. The molecule has 0 heterocycles. The van der Waals surface area contributed by atoms with Crippen LogP contribution in [0.2, 0.25) is 0 Å². The molecule has 0 aromatic heterocycles. The van der Waals surface area contributed by atoms with Crippen molar-refractivity contribution >= 4 is 0 Å². The maximum Gasteiger partial charge on any atom is 0.157 e. The van der Waals surface area contributed by atoms with Crippen molar-refractivity contribution in [3.05, 3.63) is 23.3 Å². The van der Waals surface area contributed by atoms with Crippen molar-refractivity contribution in [2.45, 2.75) is 26.3 Å². The van der Waals surface area contributed by atoms with Gasteiger partial charge in [-0.3, -0.25) is 0 Å². The average molecular weight is 195 g/mol. The first-order chi connectivity index (χ1) is 6.54. The number of rotatable bonds is 3. The SMILES string of the molecule is CNC(C)Cc1cc(O)c(O)cc1C. The van der Waals surface area contributed by atoms with Crippen LogP contribution in [-0.2, 0) is 6.42 Å². The van der Waals surface area contributed by atoms with Gasteiger partial charge in [-0.1, -0.05) is 0 Å². The zero-order valence-electron chi connectivity index (χ0n) is 8.83. The lowest BCUT2D eigenvalue weighted by Crippen LogP contribution is -2.23. The number of nitrogens with one attached hydrogen (secondary N) is 1. The van der Waals surface area contributed by atoms with Crippen molar-refractivity contribution in [3.8, 4) is 11.5 Å². The van der Waals surface area contributed by atoms with Crippen molar-refractivity contribution in [2.75, 3.05) is 7.05 Å². The topological polar surface area (TPSA) is 52.5 Å². The number of hydrogen-bond acceptors (Lipinski definition) is 3. The Hall–Kier alpha value is -1.22. The van der Waals surface area contributed by atoms with E-state index in [1.165, 1.54) is 0 Å². The molecule has 0 aliphatic carbocycles. The van der Waals surface area contributed by atoms with Gasteiger partial charge in [-0.2, -0.15) is 0 Å². The predicted molar refractivity (Wildman–Crippen MR) is 56.7 cm³/mol. The summed E-state index contributed by atoms with van der Waals surface area (Å²) >= 11 is 0. The average Bonchev–Trinajstić information content (AvgIpc) is 2.14. The molecule has 1 unspecified atom stereocenters.